The average Bonchev–Trinajstić information content (AvgIpc) is 3.25. The number of anilines is 1. The second kappa shape index (κ2) is 6.96. The molecule has 0 radical (unpaired) electrons. The van der Waals surface area contributed by atoms with Crippen molar-refractivity contribution in [3.05, 3.63) is 36.0 Å². The fourth-order valence-electron chi connectivity index (χ4n) is 2.99. The van der Waals surface area contributed by atoms with Crippen LogP contribution in [0, 0.1) is 0 Å². The molecule has 3 aromatic heterocycles. The Kier molecular flexibility index (Phi) is 4.49. The second-order valence-electron chi connectivity index (χ2n) is 6.60. The van der Waals surface area contributed by atoms with Crippen molar-refractivity contribution in [1.82, 2.24) is 19.5 Å². The Labute approximate surface area is 160 Å². The smallest absolute Gasteiger partial charge is 0.219 e. The summed E-state index contributed by atoms with van der Waals surface area (Å²) in [5, 5.41) is 6.40. The van der Waals surface area contributed by atoms with Crippen LogP contribution < -0.4 is 11.1 Å². The van der Waals surface area contributed by atoms with Crippen molar-refractivity contribution >= 4 is 44.3 Å². The number of nitrogens with two attached hydrogens (primary N) is 1. The largest absolute Gasteiger partial charge is 0.370 e. The van der Waals surface area contributed by atoms with Gasteiger partial charge >= 0.3 is 0 Å². The third-order valence-corrected chi connectivity index (χ3v) is 5.33. The molecule has 8 heteroatoms. The van der Waals surface area contributed by atoms with Gasteiger partial charge < -0.3 is 15.6 Å². The number of carbonyl (C=O) groups excluding carboxylic acids is 1. The van der Waals surface area contributed by atoms with Crippen molar-refractivity contribution in [2.75, 3.05) is 11.9 Å². The number of benzene rings is 1. The molecule has 0 aliphatic carbocycles. The summed E-state index contributed by atoms with van der Waals surface area (Å²) in [7, 11) is 0. The van der Waals surface area contributed by atoms with E-state index in [1.54, 1.807) is 17.7 Å². The predicted molar refractivity (Wildman–Crippen MR) is 109 cm³/mol. The van der Waals surface area contributed by atoms with Gasteiger partial charge in [-0.2, -0.15) is 0 Å². The van der Waals surface area contributed by atoms with Crippen LogP contribution in [-0.4, -0.2) is 32.0 Å². The molecule has 7 nitrogen and oxygen atoms in total. The van der Waals surface area contributed by atoms with E-state index in [-0.39, 0.29) is 18.4 Å². The maximum atomic E-state index is 11.1. The van der Waals surface area contributed by atoms with Gasteiger partial charge in [-0.05, 0) is 19.9 Å². The van der Waals surface area contributed by atoms with Gasteiger partial charge in [0, 0.05) is 40.0 Å². The summed E-state index contributed by atoms with van der Waals surface area (Å²) < 4.78 is 3.21. The van der Waals surface area contributed by atoms with Crippen molar-refractivity contribution < 1.29 is 4.79 Å². The highest BCUT2D eigenvalue weighted by Gasteiger charge is 2.17. The van der Waals surface area contributed by atoms with Crippen molar-refractivity contribution in [2.45, 2.75) is 26.3 Å². The average molecular weight is 380 g/mol. The minimum atomic E-state index is -0.357. The number of carbonyl (C=O) groups is 1. The summed E-state index contributed by atoms with van der Waals surface area (Å²) in [6.45, 7) is 4.58. The lowest BCUT2D eigenvalue weighted by atomic mass is 10.1. The topological polar surface area (TPSA) is 98.7 Å². The van der Waals surface area contributed by atoms with Gasteiger partial charge in [0.15, 0.2) is 17.3 Å². The molecule has 3 heterocycles. The molecule has 0 spiro atoms. The quantitative estimate of drug-likeness (QED) is 0.533. The van der Waals surface area contributed by atoms with E-state index in [2.05, 4.69) is 41.7 Å². The van der Waals surface area contributed by atoms with Gasteiger partial charge in [-0.3, -0.25) is 4.79 Å². The maximum Gasteiger partial charge on any atom is 0.219 e. The molecule has 0 atom stereocenters. The van der Waals surface area contributed by atoms with E-state index in [1.807, 2.05) is 16.7 Å². The first-order valence-corrected chi connectivity index (χ1v) is 9.66. The highest BCUT2D eigenvalue weighted by Crippen LogP contribution is 2.34. The van der Waals surface area contributed by atoms with Crippen LogP contribution in [0.4, 0.5) is 5.82 Å². The molecular formula is C19H20N6OS. The van der Waals surface area contributed by atoms with E-state index in [1.165, 1.54) is 4.70 Å². The van der Waals surface area contributed by atoms with Crippen molar-refractivity contribution in [3.63, 3.8) is 0 Å². The lowest BCUT2D eigenvalue weighted by molar-refractivity contribution is -0.117. The number of hydrogen-bond acceptors (Lipinski definition) is 6. The molecule has 4 rings (SSSR count). The highest BCUT2D eigenvalue weighted by atomic mass is 32.1. The van der Waals surface area contributed by atoms with Crippen LogP contribution in [0.3, 0.4) is 0 Å². The van der Waals surface area contributed by atoms with Gasteiger partial charge in [-0.25, -0.2) is 15.0 Å². The molecule has 0 unspecified atom stereocenters. The fraction of sp³-hybridized carbons (Fsp3) is 0.263. The lowest BCUT2D eigenvalue weighted by Gasteiger charge is -2.10. The van der Waals surface area contributed by atoms with Gasteiger partial charge in [0.2, 0.25) is 5.91 Å². The number of thiophene rings is 1. The molecule has 138 valence electrons. The third-order valence-electron chi connectivity index (χ3n) is 4.36. The number of hydrogen-bond donors (Lipinski definition) is 2. The molecule has 1 amide bonds. The molecule has 0 aliphatic rings. The van der Waals surface area contributed by atoms with Crippen LogP contribution in [0.15, 0.2) is 36.0 Å². The summed E-state index contributed by atoms with van der Waals surface area (Å²) >= 11 is 1.67. The van der Waals surface area contributed by atoms with E-state index in [0.29, 0.717) is 23.7 Å². The van der Waals surface area contributed by atoms with Crippen LogP contribution >= 0.6 is 11.3 Å². The van der Waals surface area contributed by atoms with Crippen LogP contribution in [0.1, 0.15) is 26.3 Å². The van der Waals surface area contributed by atoms with Crippen LogP contribution in [0.5, 0.6) is 0 Å². The number of rotatable bonds is 6. The monoisotopic (exact) mass is 380 g/mol. The van der Waals surface area contributed by atoms with Gasteiger partial charge in [0.05, 0.1) is 6.33 Å². The van der Waals surface area contributed by atoms with Crippen LogP contribution in [0.2, 0.25) is 0 Å². The molecule has 1 aromatic carbocycles. The maximum absolute atomic E-state index is 11.1. The zero-order valence-electron chi connectivity index (χ0n) is 15.1. The molecule has 0 saturated carbocycles. The Morgan fingerprint density at radius 2 is 2.11 bits per heavy atom. The molecule has 4 aromatic rings. The number of imidazole rings is 1. The summed E-state index contributed by atoms with van der Waals surface area (Å²) in [6, 6.07) is 8.43. The Hall–Kier alpha value is -3.00. The van der Waals surface area contributed by atoms with Gasteiger partial charge in [0.1, 0.15) is 5.52 Å². The second-order valence-corrected chi connectivity index (χ2v) is 7.51. The number of amides is 1. The number of fused-ring (bicyclic) bond motifs is 2. The first-order chi connectivity index (χ1) is 13.0. The van der Waals surface area contributed by atoms with Crippen LogP contribution in [-0.2, 0) is 4.79 Å². The van der Waals surface area contributed by atoms with Gasteiger partial charge in [-0.15, -0.1) is 11.3 Å². The fourth-order valence-corrected chi connectivity index (χ4v) is 3.93. The van der Waals surface area contributed by atoms with E-state index < -0.39 is 0 Å². The molecule has 0 bridgehead atoms. The predicted octanol–water partition coefficient (Wildman–Crippen LogP) is 3.58. The van der Waals surface area contributed by atoms with Crippen LogP contribution in [0.25, 0.3) is 32.6 Å². The van der Waals surface area contributed by atoms with E-state index in [0.717, 1.165) is 16.6 Å². The number of primary amides is 1. The summed E-state index contributed by atoms with van der Waals surface area (Å²) in [5.41, 5.74) is 7.71. The molecule has 0 fully saturated rings. The summed E-state index contributed by atoms with van der Waals surface area (Å²) in [6.07, 6.45) is 2.01. The molecule has 0 aliphatic heterocycles. The first-order valence-electron chi connectivity index (χ1n) is 8.78. The molecule has 27 heavy (non-hydrogen) atoms. The SMILES string of the molecule is CC(C)n1cnc2c(NCCC(N)=O)nc(-c3csc4ccccc34)nc21. The van der Waals surface area contributed by atoms with E-state index in [9.17, 15) is 4.79 Å². The molecule has 0 saturated heterocycles. The lowest BCUT2D eigenvalue weighted by Crippen LogP contribution is -2.16. The Balaban J connectivity index is 1.87. The van der Waals surface area contributed by atoms with Gasteiger partial charge in [0.25, 0.3) is 0 Å². The normalized spacial score (nSPS) is 11.5. The Bertz CT molecular complexity index is 1130. The molecular weight excluding hydrogens is 360 g/mol. The van der Waals surface area contributed by atoms with Crippen molar-refractivity contribution in [3.8, 4) is 11.4 Å². The first kappa shape index (κ1) is 17.4. The molecule has 3 N–H and O–H groups in total. The zero-order chi connectivity index (χ0) is 19.0. The Morgan fingerprint density at radius 3 is 2.89 bits per heavy atom. The zero-order valence-corrected chi connectivity index (χ0v) is 16.0. The van der Waals surface area contributed by atoms with Gasteiger partial charge in [-0.1, -0.05) is 18.2 Å². The van der Waals surface area contributed by atoms with E-state index >= 15 is 0 Å². The van der Waals surface area contributed by atoms with Crippen molar-refractivity contribution in [2.24, 2.45) is 5.73 Å². The number of nitrogens with one attached hydrogen (secondary N) is 1. The van der Waals surface area contributed by atoms with E-state index in [4.69, 9.17) is 15.7 Å². The number of aromatic nitrogens is 4. The van der Waals surface area contributed by atoms with Crippen molar-refractivity contribution in [1.29, 1.82) is 0 Å². The standard InChI is InChI=1S/C19H20N6OS/c1-11(2)25-10-22-16-18(21-8-7-15(20)26)23-17(24-19(16)25)13-9-27-14-6-4-3-5-12(13)14/h3-6,9-11H,7-8H2,1-2H3,(H2,20,26)(H,21,23,24). The summed E-state index contributed by atoms with van der Waals surface area (Å²) in [4.78, 5) is 25.1. The summed E-state index contributed by atoms with van der Waals surface area (Å²) in [5.74, 6) is 0.902. The minimum Gasteiger partial charge on any atom is -0.370 e. The Morgan fingerprint density at radius 1 is 1.30 bits per heavy atom. The minimum absolute atomic E-state index is 0.218. The third kappa shape index (κ3) is 3.23. The highest BCUT2D eigenvalue weighted by molar-refractivity contribution is 7.17. The number of nitrogens with zero attached hydrogens (tertiary/aromatic N) is 4.